The van der Waals surface area contributed by atoms with Crippen molar-refractivity contribution in [2.45, 2.75) is 38.2 Å². The third-order valence-corrected chi connectivity index (χ3v) is 3.54. The SMILES string of the molecule is CC[C@H]1O[C@@H](n2cc(C#CCOCCN)c(=O)[nH]c2=O)CC1O. The highest BCUT2D eigenvalue weighted by molar-refractivity contribution is 5.29. The van der Waals surface area contributed by atoms with E-state index in [1.165, 1.54) is 10.8 Å². The molecule has 1 aromatic heterocycles. The molecule has 0 radical (unpaired) electrons. The highest BCUT2D eigenvalue weighted by atomic mass is 16.5. The Morgan fingerprint density at radius 3 is 3.00 bits per heavy atom. The summed E-state index contributed by atoms with van der Waals surface area (Å²) in [6.07, 6.45) is 0.707. The zero-order chi connectivity index (χ0) is 16.8. The molecule has 2 rings (SSSR count). The Kier molecular flexibility index (Phi) is 6.12. The zero-order valence-electron chi connectivity index (χ0n) is 12.9. The van der Waals surface area contributed by atoms with Crippen molar-refractivity contribution in [3.8, 4) is 11.8 Å². The number of nitrogens with one attached hydrogen (secondary N) is 1. The maximum absolute atomic E-state index is 12.0. The van der Waals surface area contributed by atoms with Crippen LogP contribution in [0.1, 0.15) is 31.6 Å². The maximum Gasteiger partial charge on any atom is 0.330 e. The van der Waals surface area contributed by atoms with Crippen LogP contribution in [0.25, 0.3) is 0 Å². The monoisotopic (exact) mass is 323 g/mol. The molecule has 8 heteroatoms. The number of nitrogens with zero attached hydrogens (tertiary/aromatic N) is 1. The van der Waals surface area contributed by atoms with Crippen LogP contribution >= 0.6 is 0 Å². The number of hydrogen-bond donors (Lipinski definition) is 3. The number of ether oxygens (including phenoxy) is 2. The topological polar surface area (TPSA) is 120 Å². The normalized spacial score (nSPS) is 23.5. The number of aliphatic hydroxyl groups is 1. The maximum atomic E-state index is 12.0. The van der Waals surface area contributed by atoms with Gasteiger partial charge < -0.3 is 20.3 Å². The summed E-state index contributed by atoms with van der Waals surface area (Å²) in [4.78, 5) is 26.0. The summed E-state index contributed by atoms with van der Waals surface area (Å²) in [6.45, 7) is 2.82. The van der Waals surface area contributed by atoms with E-state index in [4.69, 9.17) is 15.2 Å². The molecule has 1 aliphatic heterocycles. The van der Waals surface area contributed by atoms with E-state index in [1.54, 1.807) is 0 Å². The first-order chi connectivity index (χ1) is 11.1. The van der Waals surface area contributed by atoms with E-state index in [0.29, 0.717) is 19.6 Å². The van der Waals surface area contributed by atoms with E-state index in [0.717, 1.165) is 0 Å². The zero-order valence-corrected chi connectivity index (χ0v) is 12.9. The van der Waals surface area contributed by atoms with E-state index in [9.17, 15) is 14.7 Å². The molecule has 1 aromatic rings. The molecule has 1 unspecified atom stereocenters. The first-order valence-electron chi connectivity index (χ1n) is 7.52. The molecule has 1 aliphatic rings. The van der Waals surface area contributed by atoms with E-state index < -0.39 is 23.6 Å². The number of rotatable bonds is 5. The summed E-state index contributed by atoms with van der Waals surface area (Å²) in [5.74, 6) is 5.35. The number of aromatic nitrogens is 2. The Bertz CT molecular complexity index is 700. The van der Waals surface area contributed by atoms with Gasteiger partial charge in [0, 0.05) is 19.2 Å². The lowest BCUT2D eigenvalue weighted by molar-refractivity contribution is -0.0218. The summed E-state index contributed by atoms with van der Waals surface area (Å²) in [5, 5.41) is 9.89. The molecule has 1 saturated heterocycles. The van der Waals surface area contributed by atoms with E-state index in [2.05, 4.69) is 16.8 Å². The molecule has 0 bridgehead atoms. The predicted molar refractivity (Wildman–Crippen MR) is 82.9 cm³/mol. The van der Waals surface area contributed by atoms with E-state index in [-0.39, 0.29) is 24.7 Å². The van der Waals surface area contributed by atoms with Crippen LogP contribution in [0, 0.1) is 11.8 Å². The van der Waals surface area contributed by atoms with Crippen molar-refractivity contribution in [1.29, 1.82) is 0 Å². The third-order valence-electron chi connectivity index (χ3n) is 3.54. The molecular formula is C15H21N3O5. The minimum absolute atomic E-state index is 0.138. The lowest BCUT2D eigenvalue weighted by atomic mass is 10.1. The van der Waals surface area contributed by atoms with Gasteiger partial charge in [-0.25, -0.2) is 4.79 Å². The first kappa shape index (κ1) is 17.4. The Labute approximate surface area is 133 Å². The van der Waals surface area contributed by atoms with Crippen LogP contribution in [-0.4, -0.2) is 46.6 Å². The molecule has 23 heavy (non-hydrogen) atoms. The van der Waals surface area contributed by atoms with Crippen LogP contribution in [-0.2, 0) is 9.47 Å². The fourth-order valence-corrected chi connectivity index (χ4v) is 2.38. The largest absolute Gasteiger partial charge is 0.390 e. The van der Waals surface area contributed by atoms with E-state index in [1.807, 2.05) is 6.92 Å². The number of hydrogen-bond acceptors (Lipinski definition) is 6. The Morgan fingerprint density at radius 1 is 1.57 bits per heavy atom. The second-order valence-corrected chi connectivity index (χ2v) is 5.19. The Balaban J connectivity index is 2.20. The minimum atomic E-state index is -0.636. The van der Waals surface area contributed by atoms with Crippen LogP contribution in [0.5, 0.6) is 0 Å². The van der Waals surface area contributed by atoms with Gasteiger partial charge in [0.05, 0.1) is 18.8 Å². The molecule has 0 spiro atoms. The molecule has 0 aromatic carbocycles. The average Bonchev–Trinajstić information content (AvgIpc) is 2.89. The van der Waals surface area contributed by atoms with Crippen LogP contribution in [0.2, 0.25) is 0 Å². The predicted octanol–water partition coefficient (Wildman–Crippen LogP) is -1.08. The van der Waals surface area contributed by atoms with Crippen LogP contribution < -0.4 is 17.0 Å². The van der Waals surface area contributed by atoms with Crippen LogP contribution in [0.3, 0.4) is 0 Å². The summed E-state index contributed by atoms with van der Waals surface area (Å²) >= 11 is 0. The number of nitrogens with two attached hydrogens (primary N) is 1. The van der Waals surface area contributed by atoms with Crippen molar-refractivity contribution in [3.63, 3.8) is 0 Å². The van der Waals surface area contributed by atoms with Crippen molar-refractivity contribution in [1.82, 2.24) is 9.55 Å². The third kappa shape index (κ3) is 4.30. The molecule has 0 saturated carbocycles. The summed E-state index contributed by atoms with van der Waals surface area (Å²) in [5.41, 5.74) is 4.27. The summed E-state index contributed by atoms with van der Waals surface area (Å²) in [7, 11) is 0. The van der Waals surface area contributed by atoms with Gasteiger partial charge in [-0.05, 0) is 6.42 Å². The van der Waals surface area contributed by atoms with E-state index >= 15 is 0 Å². The smallest absolute Gasteiger partial charge is 0.330 e. The Hall–Kier alpha value is -1.92. The molecule has 4 N–H and O–H groups in total. The molecule has 3 atom stereocenters. The van der Waals surface area contributed by atoms with Crippen molar-refractivity contribution in [3.05, 3.63) is 32.6 Å². The highest BCUT2D eigenvalue weighted by Gasteiger charge is 2.34. The van der Waals surface area contributed by atoms with Crippen molar-refractivity contribution < 1.29 is 14.6 Å². The standard InChI is InChI=1S/C15H21N3O5/c1-2-12-11(19)8-13(23-12)18-9-10(14(20)17-15(18)21)4-3-6-22-7-5-16/h9,11-13,19H,2,5-8,16H2,1H3,(H,17,20,21)/t11?,12-,13-/m1/s1. The first-order valence-corrected chi connectivity index (χ1v) is 7.52. The van der Waals surface area contributed by atoms with Gasteiger partial charge in [-0.3, -0.25) is 14.3 Å². The fourth-order valence-electron chi connectivity index (χ4n) is 2.38. The lowest BCUT2D eigenvalue weighted by Crippen LogP contribution is -2.33. The molecule has 8 nitrogen and oxygen atoms in total. The molecule has 1 fully saturated rings. The summed E-state index contributed by atoms with van der Waals surface area (Å²) in [6, 6.07) is 0. The number of aliphatic hydroxyl groups excluding tert-OH is 1. The highest BCUT2D eigenvalue weighted by Crippen LogP contribution is 2.28. The van der Waals surface area contributed by atoms with Gasteiger partial charge in [0.2, 0.25) is 0 Å². The van der Waals surface area contributed by atoms with Gasteiger partial charge in [0.15, 0.2) is 0 Å². The van der Waals surface area contributed by atoms with Gasteiger partial charge >= 0.3 is 5.69 Å². The van der Waals surface area contributed by atoms with Gasteiger partial charge in [0.1, 0.15) is 18.4 Å². The van der Waals surface area contributed by atoms with Crippen LogP contribution in [0.15, 0.2) is 15.8 Å². The molecule has 0 amide bonds. The van der Waals surface area contributed by atoms with Gasteiger partial charge in [-0.15, -0.1) is 0 Å². The Morgan fingerprint density at radius 2 is 2.35 bits per heavy atom. The van der Waals surface area contributed by atoms with Gasteiger partial charge in [-0.2, -0.15) is 0 Å². The molecule has 2 heterocycles. The van der Waals surface area contributed by atoms with Gasteiger partial charge in [-0.1, -0.05) is 18.8 Å². The lowest BCUT2D eigenvalue weighted by Gasteiger charge is -2.14. The number of H-pyrrole nitrogens is 1. The van der Waals surface area contributed by atoms with Crippen molar-refractivity contribution >= 4 is 0 Å². The quantitative estimate of drug-likeness (QED) is 0.468. The average molecular weight is 323 g/mol. The van der Waals surface area contributed by atoms with Gasteiger partial charge in [0.25, 0.3) is 5.56 Å². The fraction of sp³-hybridized carbons (Fsp3) is 0.600. The molecular weight excluding hydrogens is 302 g/mol. The summed E-state index contributed by atoms with van der Waals surface area (Å²) < 4.78 is 12.0. The second-order valence-electron chi connectivity index (χ2n) is 5.19. The molecule has 126 valence electrons. The van der Waals surface area contributed by atoms with Crippen LogP contribution in [0.4, 0.5) is 0 Å². The van der Waals surface area contributed by atoms with Crippen molar-refractivity contribution in [2.24, 2.45) is 5.73 Å². The minimum Gasteiger partial charge on any atom is -0.390 e. The van der Waals surface area contributed by atoms with Crippen molar-refractivity contribution in [2.75, 3.05) is 19.8 Å². The second kappa shape index (κ2) is 8.08. The number of aromatic amines is 1. The molecule has 0 aliphatic carbocycles.